The first-order chi connectivity index (χ1) is 30.7. The smallest absolute Gasteiger partial charge is 0.135 e. The summed E-state index contributed by atoms with van der Waals surface area (Å²) in [6.45, 7) is 0. The van der Waals surface area contributed by atoms with E-state index in [2.05, 4.69) is 191 Å². The molecule has 4 aromatic heterocycles. The Kier molecular flexibility index (Phi) is 6.80. The highest BCUT2D eigenvalue weighted by molar-refractivity contribution is 6.19. The van der Waals surface area contributed by atoms with Crippen LogP contribution in [0, 0.1) is 0 Å². The second kappa shape index (κ2) is 12.6. The van der Waals surface area contributed by atoms with E-state index < -0.39 is 0 Å². The van der Waals surface area contributed by atoms with Gasteiger partial charge in [0.1, 0.15) is 22.3 Å². The van der Waals surface area contributed by atoms with Crippen LogP contribution in [0.1, 0.15) is 0 Å². The molecular weight excluding hydrogens is 757 g/mol. The number of para-hydroxylation sites is 4. The van der Waals surface area contributed by atoms with Crippen LogP contribution in [0.4, 0.5) is 0 Å². The van der Waals surface area contributed by atoms with Gasteiger partial charge in [0.05, 0.1) is 22.1 Å². The van der Waals surface area contributed by atoms with Crippen LogP contribution in [0.3, 0.4) is 0 Å². The van der Waals surface area contributed by atoms with Crippen LogP contribution in [0.5, 0.6) is 0 Å². The van der Waals surface area contributed by atoms with Crippen molar-refractivity contribution in [2.75, 3.05) is 0 Å². The average molecular weight is 791 g/mol. The molecule has 0 N–H and O–H groups in total. The van der Waals surface area contributed by atoms with Gasteiger partial charge in [0, 0.05) is 54.5 Å². The lowest BCUT2D eigenvalue weighted by atomic mass is 9.96. The zero-order valence-corrected chi connectivity index (χ0v) is 33.3. The highest BCUT2D eigenvalue weighted by Gasteiger charge is 2.20. The fraction of sp³-hybridized carbons (Fsp3) is 0. The summed E-state index contributed by atoms with van der Waals surface area (Å²) in [5.74, 6) is 0. The predicted octanol–water partition coefficient (Wildman–Crippen LogP) is 16.2. The molecule has 14 aromatic rings. The van der Waals surface area contributed by atoms with Gasteiger partial charge in [-0.3, -0.25) is 0 Å². The van der Waals surface area contributed by atoms with E-state index in [0.29, 0.717) is 0 Å². The van der Waals surface area contributed by atoms with Crippen molar-refractivity contribution in [3.05, 3.63) is 206 Å². The molecule has 4 heteroatoms. The third-order valence-corrected chi connectivity index (χ3v) is 13.1. The van der Waals surface area contributed by atoms with E-state index in [4.69, 9.17) is 8.83 Å². The summed E-state index contributed by atoms with van der Waals surface area (Å²) < 4.78 is 17.5. The number of furan rings is 2. The molecular formula is C58H34N2O2. The van der Waals surface area contributed by atoms with Gasteiger partial charge in [0.2, 0.25) is 0 Å². The molecule has 4 heterocycles. The zero-order valence-electron chi connectivity index (χ0n) is 33.3. The minimum atomic E-state index is 0.887. The van der Waals surface area contributed by atoms with Gasteiger partial charge in [-0.1, -0.05) is 115 Å². The molecule has 0 amide bonds. The maximum absolute atomic E-state index is 6.28. The first-order valence-electron chi connectivity index (χ1n) is 21.1. The Morgan fingerprint density at radius 3 is 1.29 bits per heavy atom. The Balaban J connectivity index is 1.05. The van der Waals surface area contributed by atoms with E-state index >= 15 is 0 Å². The normalized spacial score (nSPS) is 12.2. The van der Waals surface area contributed by atoms with Crippen LogP contribution in [0.2, 0.25) is 0 Å². The van der Waals surface area contributed by atoms with Gasteiger partial charge in [-0.2, -0.15) is 0 Å². The summed E-state index contributed by atoms with van der Waals surface area (Å²) in [6, 6.07) is 74.7. The number of hydrogen-bond donors (Lipinski definition) is 0. The third-order valence-electron chi connectivity index (χ3n) is 13.1. The molecule has 0 bridgehead atoms. The first-order valence-corrected chi connectivity index (χ1v) is 21.1. The summed E-state index contributed by atoms with van der Waals surface area (Å²) in [5.41, 5.74) is 15.0. The summed E-state index contributed by atoms with van der Waals surface area (Å²) in [6.07, 6.45) is 0. The Labute approximate surface area is 354 Å². The SMILES string of the molecule is c1ccc2cc(-n3c4ccccc4c4cc5c(cc43)c3ccccc3n5-c3cc(-c4ccc5oc6ccccc6c5c4)cc(-c4ccc5oc6ccccc6c5c4)c3)ccc2c1. The number of fused-ring (bicyclic) bond motifs is 13. The zero-order chi connectivity index (χ0) is 40.5. The molecule has 0 aliphatic rings. The molecule has 0 atom stereocenters. The fourth-order valence-electron chi connectivity index (χ4n) is 10.2. The van der Waals surface area contributed by atoms with Crippen LogP contribution < -0.4 is 0 Å². The lowest BCUT2D eigenvalue weighted by Gasteiger charge is -2.14. The molecule has 0 saturated carbocycles. The molecule has 0 unspecified atom stereocenters. The molecule has 0 fully saturated rings. The van der Waals surface area contributed by atoms with Crippen molar-refractivity contribution in [1.82, 2.24) is 9.13 Å². The summed E-state index contributed by atoms with van der Waals surface area (Å²) in [5, 5.41) is 11.8. The fourth-order valence-corrected chi connectivity index (χ4v) is 10.2. The topological polar surface area (TPSA) is 36.1 Å². The van der Waals surface area contributed by atoms with E-state index in [1.165, 1.54) is 43.4 Å². The largest absolute Gasteiger partial charge is 0.456 e. The van der Waals surface area contributed by atoms with Gasteiger partial charge in [0.15, 0.2) is 0 Å². The summed E-state index contributed by atoms with van der Waals surface area (Å²) in [7, 11) is 0. The van der Waals surface area contributed by atoms with Crippen molar-refractivity contribution in [2.24, 2.45) is 0 Å². The molecule has 0 saturated heterocycles. The van der Waals surface area contributed by atoms with Crippen molar-refractivity contribution >= 4 is 98.3 Å². The molecule has 62 heavy (non-hydrogen) atoms. The number of aromatic nitrogens is 2. The first kappa shape index (κ1) is 33.5. The Morgan fingerprint density at radius 1 is 0.242 bits per heavy atom. The molecule has 10 aromatic carbocycles. The van der Waals surface area contributed by atoms with E-state index in [9.17, 15) is 0 Å². The second-order valence-corrected chi connectivity index (χ2v) is 16.5. The van der Waals surface area contributed by atoms with Gasteiger partial charge in [-0.15, -0.1) is 0 Å². The summed E-state index contributed by atoms with van der Waals surface area (Å²) in [4.78, 5) is 0. The monoisotopic (exact) mass is 790 g/mol. The van der Waals surface area contributed by atoms with E-state index in [0.717, 1.165) is 88.5 Å². The molecule has 4 nitrogen and oxygen atoms in total. The lowest BCUT2D eigenvalue weighted by molar-refractivity contribution is 0.668. The number of nitrogens with zero attached hydrogens (tertiary/aromatic N) is 2. The molecule has 0 radical (unpaired) electrons. The second-order valence-electron chi connectivity index (χ2n) is 16.5. The lowest BCUT2D eigenvalue weighted by Crippen LogP contribution is -1.96. The van der Waals surface area contributed by atoms with Crippen LogP contribution in [0.25, 0.3) is 132 Å². The minimum absolute atomic E-state index is 0.887. The Bertz CT molecular complexity index is 4040. The van der Waals surface area contributed by atoms with Gasteiger partial charge < -0.3 is 18.0 Å². The van der Waals surface area contributed by atoms with E-state index in [1.807, 2.05) is 24.3 Å². The van der Waals surface area contributed by atoms with Crippen molar-refractivity contribution < 1.29 is 8.83 Å². The Morgan fingerprint density at radius 2 is 0.710 bits per heavy atom. The third kappa shape index (κ3) is 4.83. The molecule has 0 aliphatic carbocycles. The molecule has 14 rings (SSSR count). The minimum Gasteiger partial charge on any atom is -0.456 e. The number of hydrogen-bond acceptors (Lipinski definition) is 2. The van der Waals surface area contributed by atoms with Crippen molar-refractivity contribution in [3.8, 4) is 33.6 Å². The molecule has 0 spiro atoms. The number of rotatable bonds is 4. The summed E-state index contributed by atoms with van der Waals surface area (Å²) >= 11 is 0. The van der Waals surface area contributed by atoms with Gasteiger partial charge in [-0.05, 0) is 124 Å². The van der Waals surface area contributed by atoms with Crippen molar-refractivity contribution in [3.63, 3.8) is 0 Å². The van der Waals surface area contributed by atoms with Gasteiger partial charge in [-0.25, -0.2) is 0 Å². The van der Waals surface area contributed by atoms with Crippen LogP contribution in [-0.4, -0.2) is 9.13 Å². The highest BCUT2D eigenvalue weighted by Crippen LogP contribution is 2.43. The Hall–Kier alpha value is -8.34. The predicted molar refractivity (Wildman–Crippen MR) is 258 cm³/mol. The molecule has 0 aliphatic heterocycles. The quantitative estimate of drug-likeness (QED) is 0.178. The van der Waals surface area contributed by atoms with Crippen LogP contribution >= 0.6 is 0 Å². The van der Waals surface area contributed by atoms with Gasteiger partial charge in [0.25, 0.3) is 0 Å². The van der Waals surface area contributed by atoms with Crippen molar-refractivity contribution in [2.45, 2.75) is 0 Å². The van der Waals surface area contributed by atoms with E-state index in [-0.39, 0.29) is 0 Å². The maximum atomic E-state index is 6.28. The number of benzene rings is 10. The molecule has 288 valence electrons. The van der Waals surface area contributed by atoms with Crippen LogP contribution in [-0.2, 0) is 0 Å². The standard InChI is InChI=1S/C58H34N2O2/c1-2-12-36-28-41(24-21-35(36)11-1)59-51-17-7-3-13-43(51)47-34-54-48(33-53(47)59)44-14-4-8-18-52(44)60(54)42-29-39(37-22-25-57-49(31-37)45-15-5-9-19-55(45)61-57)27-40(30-42)38-23-26-58-50(32-38)46-16-6-10-20-56(46)62-58/h1-34H. The van der Waals surface area contributed by atoms with E-state index in [1.54, 1.807) is 0 Å². The highest BCUT2D eigenvalue weighted by atomic mass is 16.3. The van der Waals surface area contributed by atoms with Crippen LogP contribution in [0.15, 0.2) is 215 Å². The van der Waals surface area contributed by atoms with Gasteiger partial charge >= 0.3 is 0 Å². The van der Waals surface area contributed by atoms with Crippen molar-refractivity contribution in [1.29, 1.82) is 0 Å². The maximum Gasteiger partial charge on any atom is 0.135 e. The average Bonchev–Trinajstić information content (AvgIpc) is 4.07.